The van der Waals surface area contributed by atoms with Crippen LogP contribution in [0.25, 0.3) is 0 Å². The van der Waals surface area contributed by atoms with Gasteiger partial charge in [-0.1, -0.05) is 6.92 Å². The summed E-state index contributed by atoms with van der Waals surface area (Å²) in [4.78, 5) is 1.29. The largest absolute Gasteiger partial charge is 0.381 e. The number of hydrogen-bond acceptors (Lipinski definition) is 3. The van der Waals surface area contributed by atoms with Crippen LogP contribution >= 0.6 is 11.8 Å². The molecule has 2 aromatic rings. The fourth-order valence-corrected chi connectivity index (χ4v) is 2.17. The van der Waals surface area contributed by atoms with Gasteiger partial charge in [-0.05, 0) is 36.9 Å². The molecular formula is C14H19N3S. The zero-order chi connectivity index (χ0) is 12.8. The Morgan fingerprint density at radius 3 is 2.72 bits per heavy atom. The van der Waals surface area contributed by atoms with Crippen molar-refractivity contribution in [2.45, 2.75) is 31.3 Å². The highest BCUT2D eigenvalue weighted by molar-refractivity contribution is 7.98. The van der Waals surface area contributed by atoms with E-state index in [2.05, 4.69) is 54.1 Å². The highest BCUT2D eigenvalue weighted by atomic mass is 32.2. The van der Waals surface area contributed by atoms with Gasteiger partial charge in [0, 0.05) is 35.4 Å². The van der Waals surface area contributed by atoms with Crippen molar-refractivity contribution in [3.63, 3.8) is 0 Å². The minimum atomic E-state index is 0.822. The van der Waals surface area contributed by atoms with Crippen LogP contribution in [0.15, 0.2) is 41.6 Å². The van der Waals surface area contributed by atoms with Gasteiger partial charge in [0.05, 0.1) is 6.20 Å². The monoisotopic (exact) mass is 261 g/mol. The quantitative estimate of drug-likeness (QED) is 0.805. The van der Waals surface area contributed by atoms with Crippen LogP contribution in [-0.4, -0.2) is 16.0 Å². The van der Waals surface area contributed by atoms with E-state index in [1.165, 1.54) is 10.5 Å². The fraction of sp³-hybridized carbons (Fsp3) is 0.357. The molecule has 0 spiro atoms. The summed E-state index contributed by atoms with van der Waals surface area (Å²) in [5, 5.41) is 7.72. The van der Waals surface area contributed by atoms with Crippen molar-refractivity contribution in [3.8, 4) is 0 Å². The predicted molar refractivity (Wildman–Crippen MR) is 78.1 cm³/mol. The molecule has 0 fully saturated rings. The van der Waals surface area contributed by atoms with E-state index in [0.717, 1.165) is 25.2 Å². The average molecular weight is 261 g/mol. The number of nitrogens with zero attached hydrogens (tertiary/aromatic N) is 2. The van der Waals surface area contributed by atoms with E-state index >= 15 is 0 Å². The van der Waals surface area contributed by atoms with Crippen LogP contribution in [0.1, 0.15) is 18.9 Å². The predicted octanol–water partition coefficient (Wildman–Crippen LogP) is 3.63. The number of rotatable bonds is 6. The molecule has 18 heavy (non-hydrogen) atoms. The number of hydrogen-bond donors (Lipinski definition) is 1. The van der Waals surface area contributed by atoms with E-state index in [1.807, 2.05) is 10.9 Å². The van der Waals surface area contributed by atoms with Crippen LogP contribution < -0.4 is 5.32 Å². The Balaban J connectivity index is 1.89. The van der Waals surface area contributed by atoms with Gasteiger partial charge < -0.3 is 5.32 Å². The molecule has 1 heterocycles. The summed E-state index contributed by atoms with van der Waals surface area (Å²) in [6.45, 7) is 3.97. The Labute approximate surface area is 113 Å². The highest BCUT2D eigenvalue weighted by Crippen LogP contribution is 2.17. The van der Waals surface area contributed by atoms with E-state index in [-0.39, 0.29) is 0 Å². The van der Waals surface area contributed by atoms with Gasteiger partial charge in [-0.2, -0.15) is 5.10 Å². The normalized spacial score (nSPS) is 10.6. The van der Waals surface area contributed by atoms with Crippen molar-refractivity contribution in [2.75, 3.05) is 11.6 Å². The van der Waals surface area contributed by atoms with E-state index < -0.39 is 0 Å². The average Bonchev–Trinajstić information content (AvgIpc) is 2.85. The van der Waals surface area contributed by atoms with Gasteiger partial charge in [0.15, 0.2) is 0 Å². The summed E-state index contributed by atoms with van der Waals surface area (Å²) in [7, 11) is 0. The molecule has 1 aromatic carbocycles. The van der Waals surface area contributed by atoms with Crippen LogP contribution in [-0.2, 0) is 13.1 Å². The Kier molecular flexibility index (Phi) is 4.70. The first-order chi connectivity index (χ1) is 8.81. The van der Waals surface area contributed by atoms with Gasteiger partial charge in [-0.15, -0.1) is 11.8 Å². The van der Waals surface area contributed by atoms with Crippen LogP contribution in [0.2, 0.25) is 0 Å². The molecule has 0 radical (unpaired) electrons. The van der Waals surface area contributed by atoms with Crippen molar-refractivity contribution in [3.05, 3.63) is 42.2 Å². The van der Waals surface area contributed by atoms with Gasteiger partial charge in [0.1, 0.15) is 0 Å². The molecule has 3 nitrogen and oxygen atoms in total. The first kappa shape index (κ1) is 13.0. The minimum Gasteiger partial charge on any atom is -0.381 e. The molecule has 0 unspecified atom stereocenters. The third-order valence-corrected chi connectivity index (χ3v) is 3.47. The maximum atomic E-state index is 4.32. The smallest absolute Gasteiger partial charge is 0.0539 e. The zero-order valence-corrected chi connectivity index (χ0v) is 11.7. The van der Waals surface area contributed by atoms with Gasteiger partial charge in [0.25, 0.3) is 0 Å². The molecule has 1 aromatic heterocycles. The molecule has 0 aliphatic carbocycles. The van der Waals surface area contributed by atoms with Crippen LogP contribution in [0.4, 0.5) is 5.69 Å². The molecule has 0 aliphatic rings. The summed E-state index contributed by atoms with van der Waals surface area (Å²) in [6, 6.07) is 8.49. The summed E-state index contributed by atoms with van der Waals surface area (Å²) >= 11 is 1.76. The first-order valence-electron chi connectivity index (χ1n) is 6.21. The van der Waals surface area contributed by atoms with E-state index in [4.69, 9.17) is 0 Å². The van der Waals surface area contributed by atoms with Gasteiger partial charge in [-0.3, -0.25) is 4.68 Å². The topological polar surface area (TPSA) is 29.9 Å². The number of benzene rings is 1. The Hall–Kier alpha value is -1.42. The number of thioether (sulfide) groups is 1. The standard InChI is InChI=1S/C14H19N3S/c1-3-8-17-11-12(10-16-17)9-15-13-4-6-14(18-2)7-5-13/h4-7,10-11,15H,3,8-9H2,1-2H3. The molecule has 0 saturated carbocycles. The van der Waals surface area contributed by atoms with Gasteiger partial charge in [-0.25, -0.2) is 0 Å². The van der Waals surface area contributed by atoms with Crippen LogP contribution in [0.3, 0.4) is 0 Å². The zero-order valence-electron chi connectivity index (χ0n) is 10.9. The van der Waals surface area contributed by atoms with Gasteiger partial charge in [0.2, 0.25) is 0 Å². The summed E-state index contributed by atoms with van der Waals surface area (Å²) in [6.07, 6.45) is 7.24. The van der Waals surface area contributed by atoms with Crippen molar-refractivity contribution < 1.29 is 0 Å². The molecular weight excluding hydrogens is 242 g/mol. The van der Waals surface area contributed by atoms with Crippen molar-refractivity contribution in [1.29, 1.82) is 0 Å². The third-order valence-electron chi connectivity index (χ3n) is 2.73. The van der Waals surface area contributed by atoms with Crippen molar-refractivity contribution in [2.24, 2.45) is 0 Å². The maximum absolute atomic E-state index is 4.32. The lowest BCUT2D eigenvalue weighted by atomic mass is 10.3. The number of aromatic nitrogens is 2. The number of nitrogens with one attached hydrogen (secondary N) is 1. The highest BCUT2D eigenvalue weighted by Gasteiger charge is 1.98. The Bertz CT molecular complexity index is 476. The molecule has 0 saturated heterocycles. The molecule has 0 amide bonds. The van der Waals surface area contributed by atoms with Crippen molar-refractivity contribution >= 4 is 17.4 Å². The third kappa shape index (κ3) is 3.53. The lowest BCUT2D eigenvalue weighted by Crippen LogP contribution is -1.99. The SMILES string of the molecule is CCCn1cc(CNc2ccc(SC)cc2)cn1. The number of aryl methyl sites for hydroxylation is 1. The summed E-state index contributed by atoms with van der Waals surface area (Å²) in [5.41, 5.74) is 2.37. The first-order valence-corrected chi connectivity index (χ1v) is 7.43. The second-order valence-electron chi connectivity index (χ2n) is 4.19. The maximum Gasteiger partial charge on any atom is 0.0539 e. The number of anilines is 1. The molecule has 0 aliphatic heterocycles. The molecule has 0 bridgehead atoms. The Morgan fingerprint density at radius 2 is 2.06 bits per heavy atom. The molecule has 1 N–H and O–H groups in total. The minimum absolute atomic E-state index is 0.822. The van der Waals surface area contributed by atoms with Crippen LogP contribution in [0, 0.1) is 0 Å². The van der Waals surface area contributed by atoms with E-state index in [0.29, 0.717) is 0 Å². The second-order valence-corrected chi connectivity index (χ2v) is 5.07. The van der Waals surface area contributed by atoms with Crippen molar-refractivity contribution in [1.82, 2.24) is 9.78 Å². The Morgan fingerprint density at radius 1 is 1.28 bits per heavy atom. The lowest BCUT2D eigenvalue weighted by molar-refractivity contribution is 0.602. The fourth-order valence-electron chi connectivity index (χ4n) is 1.76. The van der Waals surface area contributed by atoms with E-state index in [1.54, 1.807) is 11.8 Å². The summed E-state index contributed by atoms with van der Waals surface area (Å²) < 4.78 is 1.99. The lowest BCUT2D eigenvalue weighted by Gasteiger charge is -2.05. The van der Waals surface area contributed by atoms with E-state index in [9.17, 15) is 0 Å². The molecule has 2 rings (SSSR count). The summed E-state index contributed by atoms with van der Waals surface area (Å²) in [5.74, 6) is 0. The molecule has 0 atom stereocenters. The van der Waals surface area contributed by atoms with Crippen LogP contribution in [0.5, 0.6) is 0 Å². The van der Waals surface area contributed by atoms with Gasteiger partial charge >= 0.3 is 0 Å². The molecule has 4 heteroatoms. The molecule has 96 valence electrons. The second kappa shape index (κ2) is 6.50.